The number of hydrogen-bond donors (Lipinski definition) is 2. The lowest BCUT2D eigenvalue weighted by Crippen LogP contribution is -2.52. The molecular weight excluding hydrogens is 296 g/mol. The Kier molecular flexibility index (Phi) is 4.36. The fourth-order valence-electron chi connectivity index (χ4n) is 2.05. The van der Waals surface area contributed by atoms with Gasteiger partial charge in [0.2, 0.25) is 5.95 Å². The Bertz CT molecular complexity index is 392. The van der Waals surface area contributed by atoms with Gasteiger partial charge in [0, 0.05) is 38.3 Å². The smallest absolute Gasteiger partial charge is 0.225 e. The third kappa shape index (κ3) is 3.54. The van der Waals surface area contributed by atoms with Crippen LogP contribution in [0.15, 0.2) is 10.7 Å². The van der Waals surface area contributed by atoms with Gasteiger partial charge in [-0.25, -0.2) is 4.98 Å². The summed E-state index contributed by atoms with van der Waals surface area (Å²) < 4.78 is 0.701. The summed E-state index contributed by atoms with van der Waals surface area (Å²) in [5, 5.41) is 3.25. The fourth-order valence-corrected chi connectivity index (χ4v) is 2.45. The van der Waals surface area contributed by atoms with E-state index in [0.717, 1.165) is 26.2 Å². The molecule has 1 aliphatic heterocycles. The van der Waals surface area contributed by atoms with Crippen molar-refractivity contribution in [1.29, 1.82) is 0 Å². The van der Waals surface area contributed by atoms with E-state index in [9.17, 15) is 0 Å². The number of rotatable bonds is 3. The van der Waals surface area contributed by atoms with Gasteiger partial charge in [-0.1, -0.05) is 0 Å². The maximum absolute atomic E-state index is 5.68. The van der Waals surface area contributed by atoms with Crippen molar-refractivity contribution in [2.75, 3.05) is 51.3 Å². The summed E-state index contributed by atoms with van der Waals surface area (Å²) in [6, 6.07) is 2.15. The van der Waals surface area contributed by atoms with Gasteiger partial charge in [-0.15, -0.1) is 0 Å². The van der Waals surface area contributed by atoms with Crippen molar-refractivity contribution in [3.63, 3.8) is 0 Å². The lowest BCUT2D eigenvalue weighted by atomic mass is 10.2. The Labute approximate surface area is 116 Å². The maximum atomic E-state index is 5.68. The molecule has 100 valence electrons. The van der Waals surface area contributed by atoms with E-state index < -0.39 is 0 Å². The van der Waals surface area contributed by atoms with Gasteiger partial charge in [-0.3, -0.25) is 4.90 Å². The van der Waals surface area contributed by atoms with Crippen LogP contribution in [0.25, 0.3) is 0 Å². The van der Waals surface area contributed by atoms with E-state index in [1.54, 1.807) is 6.07 Å². The number of aromatic nitrogens is 2. The van der Waals surface area contributed by atoms with Gasteiger partial charge in [-0.05, 0) is 30.0 Å². The van der Waals surface area contributed by atoms with Crippen LogP contribution >= 0.6 is 15.9 Å². The quantitative estimate of drug-likeness (QED) is 0.791. The molecule has 0 aromatic carbocycles. The lowest BCUT2D eigenvalue weighted by Gasteiger charge is -2.37. The van der Waals surface area contributed by atoms with Gasteiger partial charge >= 0.3 is 0 Å². The number of hydrogen-bond acceptors (Lipinski definition) is 6. The van der Waals surface area contributed by atoms with Gasteiger partial charge < -0.3 is 16.0 Å². The van der Waals surface area contributed by atoms with E-state index in [0.29, 0.717) is 22.4 Å². The van der Waals surface area contributed by atoms with E-state index in [4.69, 9.17) is 5.73 Å². The zero-order chi connectivity index (χ0) is 13.1. The van der Waals surface area contributed by atoms with Crippen LogP contribution in [0.2, 0.25) is 0 Å². The second kappa shape index (κ2) is 5.81. The summed E-state index contributed by atoms with van der Waals surface area (Å²) in [5.41, 5.74) is 5.68. The van der Waals surface area contributed by atoms with Crippen molar-refractivity contribution in [2.24, 2.45) is 0 Å². The second-order valence-corrected chi connectivity index (χ2v) is 5.53. The Morgan fingerprint density at radius 1 is 1.44 bits per heavy atom. The van der Waals surface area contributed by atoms with Crippen molar-refractivity contribution >= 4 is 27.7 Å². The number of nitrogens with one attached hydrogen (secondary N) is 1. The van der Waals surface area contributed by atoms with Gasteiger partial charge in [-0.2, -0.15) is 4.98 Å². The van der Waals surface area contributed by atoms with Gasteiger partial charge in [0.15, 0.2) is 0 Å². The zero-order valence-electron chi connectivity index (χ0n) is 10.7. The Balaban J connectivity index is 1.94. The Morgan fingerprint density at radius 2 is 2.22 bits per heavy atom. The van der Waals surface area contributed by atoms with E-state index in [1.807, 2.05) is 0 Å². The number of anilines is 2. The molecular formula is C11H19BrN6. The first kappa shape index (κ1) is 13.5. The highest BCUT2D eigenvalue weighted by molar-refractivity contribution is 9.10. The summed E-state index contributed by atoms with van der Waals surface area (Å²) in [6.45, 7) is 4.07. The predicted octanol–water partition coefficient (Wildman–Crippen LogP) is 0.479. The molecule has 3 N–H and O–H groups in total. The molecule has 0 spiro atoms. The molecule has 2 heterocycles. The molecule has 1 saturated heterocycles. The topological polar surface area (TPSA) is 70.3 Å². The highest BCUT2D eigenvalue weighted by Crippen LogP contribution is 2.13. The summed E-state index contributed by atoms with van der Waals surface area (Å²) in [6.07, 6.45) is 0. The third-order valence-electron chi connectivity index (χ3n) is 3.19. The van der Waals surface area contributed by atoms with E-state index >= 15 is 0 Å². The van der Waals surface area contributed by atoms with Gasteiger partial charge in [0.05, 0.1) is 0 Å². The number of nitrogens with zero attached hydrogens (tertiary/aromatic N) is 4. The first-order valence-corrected chi connectivity index (χ1v) is 6.76. The second-order valence-electron chi connectivity index (χ2n) is 4.72. The van der Waals surface area contributed by atoms with E-state index in [-0.39, 0.29) is 0 Å². The molecule has 1 aromatic rings. The van der Waals surface area contributed by atoms with Crippen LogP contribution in [0.4, 0.5) is 11.8 Å². The number of nitrogens with two attached hydrogens (primary N) is 1. The van der Waals surface area contributed by atoms with Crippen molar-refractivity contribution in [3.8, 4) is 0 Å². The molecule has 2 rings (SSSR count). The number of halogens is 1. The minimum atomic E-state index is 0.465. The molecule has 6 nitrogen and oxygen atoms in total. The highest BCUT2D eigenvalue weighted by Gasteiger charge is 2.21. The van der Waals surface area contributed by atoms with Crippen LogP contribution in [0.3, 0.4) is 0 Å². The third-order valence-corrected chi connectivity index (χ3v) is 3.60. The maximum Gasteiger partial charge on any atom is 0.225 e. The van der Waals surface area contributed by atoms with Crippen molar-refractivity contribution in [2.45, 2.75) is 6.04 Å². The normalized spacial score (nSPS) is 22.1. The summed E-state index contributed by atoms with van der Waals surface area (Å²) in [4.78, 5) is 13.1. The van der Waals surface area contributed by atoms with E-state index in [1.165, 1.54) is 0 Å². The number of piperazine rings is 1. The molecule has 1 atom stereocenters. The number of nitrogen functional groups attached to an aromatic ring is 1. The molecule has 7 heteroatoms. The average Bonchev–Trinajstić information content (AvgIpc) is 2.29. The minimum Gasteiger partial charge on any atom is -0.383 e. The van der Waals surface area contributed by atoms with Crippen molar-refractivity contribution in [3.05, 3.63) is 10.7 Å². The number of likely N-dealkylation sites (N-methyl/N-ethyl adjacent to an activating group) is 2. The summed E-state index contributed by atoms with van der Waals surface area (Å²) >= 11 is 3.31. The zero-order valence-corrected chi connectivity index (χ0v) is 12.3. The van der Waals surface area contributed by atoms with Crippen molar-refractivity contribution in [1.82, 2.24) is 19.8 Å². The summed E-state index contributed by atoms with van der Waals surface area (Å²) in [7, 11) is 4.29. The molecule has 0 radical (unpaired) electrons. The van der Waals surface area contributed by atoms with Gasteiger partial charge in [0.25, 0.3) is 0 Å². The molecule has 0 aliphatic carbocycles. The Morgan fingerprint density at radius 3 is 2.94 bits per heavy atom. The van der Waals surface area contributed by atoms with Crippen LogP contribution < -0.4 is 11.1 Å². The van der Waals surface area contributed by atoms with Gasteiger partial charge in [0.1, 0.15) is 10.4 Å². The monoisotopic (exact) mass is 314 g/mol. The van der Waals surface area contributed by atoms with E-state index in [2.05, 4.69) is 55.1 Å². The molecule has 1 aromatic heterocycles. The highest BCUT2D eigenvalue weighted by atomic mass is 79.9. The van der Waals surface area contributed by atoms with Crippen LogP contribution in [0.5, 0.6) is 0 Å². The van der Waals surface area contributed by atoms with Crippen molar-refractivity contribution < 1.29 is 0 Å². The molecule has 1 fully saturated rings. The molecule has 0 amide bonds. The largest absolute Gasteiger partial charge is 0.383 e. The molecule has 1 aliphatic rings. The Hall–Kier alpha value is -0.920. The average molecular weight is 315 g/mol. The molecule has 18 heavy (non-hydrogen) atoms. The standard InChI is InChI=1S/C11H19BrN6/c1-17-3-4-18(2)8(7-17)6-14-11-15-9(12)5-10(13)16-11/h5,8H,3-4,6-7H2,1-2H3,(H3,13,14,15,16). The van der Waals surface area contributed by atoms with Crippen LogP contribution in [-0.4, -0.2) is 66.1 Å². The minimum absolute atomic E-state index is 0.465. The van der Waals surface area contributed by atoms with Crippen LogP contribution in [0, 0.1) is 0 Å². The predicted molar refractivity (Wildman–Crippen MR) is 76.5 cm³/mol. The lowest BCUT2D eigenvalue weighted by molar-refractivity contribution is 0.121. The van der Waals surface area contributed by atoms with Crippen LogP contribution in [-0.2, 0) is 0 Å². The SMILES string of the molecule is CN1CCN(C)C(CNc2nc(N)cc(Br)n2)C1. The van der Waals surface area contributed by atoms with Crippen LogP contribution in [0.1, 0.15) is 0 Å². The first-order valence-electron chi connectivity index (χ1n) is 5.97. The molecule has 0 bridgehead atoms. The molecule has 0 saturated carbocycles. The first-order chi connectivity index (χ1) is 8.54. The molecule has 1 unspecified atom stereocenters. The fraction of sp³-hybridized carbons (Fsp3) is 0.636. The summed E-state index contributed by atoms with van der Waals surface area (Å²) in [5.74, 6) is 1.04.